The minimum Gasteiger partial charge on any atom is -0.492 e. The third kappa shape index (κ3) is 4.34. The summed E-state index contributed by atoms with van der Waals surface area (Å²) in [4.78, 5) is 31.7. The number of carbonyl (C=O) groups excluding carboxylic acids is 1. The molecule has 1 atom stereocenters. The monoisotopic (exact) mass is 411 g/mol. The Labute approximate surface area is 173 Å². The minimum atomic E-state index is -0.223. The first-order chi connectivity index (χ1) is 14.0. The number of ether oxygens (including phenoxy) is 1. The van der Waals surface area contributed by atoms with Crippen molar-refractivity contribution in [3.8, 4) is 5.75 Å². The number of fused-ring (bicyclic) bond motifs is 3. The molecule has 1 amide bonds. The third-order valence-corrected chi connectivity index (χ3v) is 6.44. The van der Waals surface area contributed by atoms with E-state index in [1.807, 2.05) is 31.2 Å². The van der Waals surface area contributed by atoms with E-state index in [4.69, 9.17) is 4.74 Å². The van der Waals surface area contributed by atoms with E-state index in [1.54, 1.807) is 11.3 Å². The highest BCUT2D eigenvalue weighted by atomic mass is 32.1. The smallest absolute Gasteiger partial charge is 0.262 e. The largest absolute Gasteiger partial charge is 0.492 e. The Bertz CT molecular complexity index is 1100. The van der Waals surface area contributed by atoms with Gasteiger partial charge in [0.25, 0.3) is 5.56 Å². The van der Waals surface area contributed by atoms with Gasteiger partial charge in [0.15, 0.2) is 0 Å². The summed E-state index contributed by atoms with van der Waals surface area (Å²) in [5.41, 5.74) is 2.15. The Kier molecular flexibility index (Phi) is 5.67. The second kappa shape index (κ2) is 8.37. The molecule has 1 aliphatic rings. The Morgan fingerprint density at radius 1 is 1.41 bits per heavy atom. The topological polar surface area (TPSA) is 73.2 Å². The Balaban J connectivity index is 1.38. The standard InChI is InChI=1S/C22H25N3O3S/c1-14-4-3-5-16(10-14)28-9-8-23-19(26)12-25-13-24-21-20(22(25)27)17-7-6-15(2)11-18(17)29-21/h3-5,10,13,15H,6-9,11-12H2,1-2H3,(H,23,26)/t15-/m0/s1. The quantitative estimate of drug-likeness (QED) is 0.633. The maximum absolute atomic E-state index is 13.0. The van der Waals surface area contributed by atoms with Gasteiger partial charge in [-0.2, -0.15) is 0 Å². The van der Waals surface area contributed by atoms with Crippen molar-refractivity contribution in [3.63, 3.8) is 0 Å². The van der Waals surface area contributed by atoms with Gasteiger partial charge in [0.05, 0.1) is 18.3 Å². The summed E-state index contributed by atoms with van der Waals surface area (Å²) < 4.78 is 7.04. The average molecular weight is 412 g/mol. The summed E-state index contributed by atoms with van der Waals surface area (Å²) >= 11 is 1.62. The predicted octanol–water partition coefficient (Wildman–Crippen LogP) is 3.09. The highest BCUT2D eigenvalue weighted by Crippen LogP contribution is 2.35. The number of nitrogens with one attached hydrogen (secondary N) is 1. The summed E-state index contributed by atoms with van der Waals surface area (Å²) in [7, 11) is 0. The van der Waals surface area contributed by atoms with Crippen molar-refractivity contribution >= 4 is 27.5 Å². The lowest BCUT2D eigenvalue weighted by Gasteiger charge is -2.17. The molecule has 4 rings (SSSR count). The van der Waals surface area contributed by atoms with E-state index in [-0.39, 0.29) is 18.0 Å². The van der Waals surface area contributed by atoms with Crippen LogP contribution in [0.4, 0.5) is 0 Å². The van der Waals surface area contributed by atoms with Crippen molar-refractivity contribution in [3.05, 3.63) is 57.0 Å². The number of aryl methyl sites for hydroxylation is 2. The van der Waals surface area contributed by atoms with E-state index >= 15 is 0 Å². The molecule has 0 aliphatic heterocycles. The van der Waals surface area contributed by atoms with Crippen molar-refractivity contribution in [2.75, 3.05) is 13.2 Å². The summed E-state index contributed by atoms with van der Waals surface area (Å²) in [6.07, 6.45) is 4.50. The van der Waals surface area contributed by atoms with Gasteiger partial charge in [0.2, 0.25) is 5.91 Å². The molecule has 2 aromatic heterocycles. The summed E-state index contributed by atoms with van der Waals surface area (Å²) in [6, 6.07) is 7.77. The number of hydrogen-bond donors (Lipinski definition) is 1. The van der Waals surface area contributed by atoms with Crippen LogP contribution in [-0.2, 0) is 24.2 Å². The molecule has 0 spiro atoms. The molecule has 29 heavy (non-hydrogen) atoms. The zero-order chi connectivity index (χ0) is 20.4. The van der Waals surface area contributed by atoms with Crippen molar-refractivity contribution < 1.29 is 9.53 Å². The van der Waals surface area contributed by atoms with Crippen LogP contribution in [0.3, 0.4) is 0 Å². The van der Waals surface area contributed by atoms with Crippen LogP contribution in [0.1, 0.15) is 29.3 Å². The Morgan fingerprint density at radius 3 is 3.10 bits per heavy atom. The number of aromatic nitrogens is 2. The molecule has 0 saturated heterocycles. The van der Waals surface area contributed by atoms with Crippen LogP contribution in [0.5, 0.6) is 5.75 Å². The molecular weight excluding hydrogens is 386 g/mol. The molecule has 0 bridgehead atoms. The van der Waals surface area contributed by atoms with Gasteiger partial charge >= 0.3 is 0 Å². The van der Waals surface area contributed by atoms with Gasteiger partial charge in [-0.3, -0.25) is 14.2 Å². The Hall–Kier alpha value is -2.67. The van der Waals surface area contributed by atoms with Crippen LogP contribution in [0, 0.1) is 12.8 Å². The van der Waals surface area contributed by atoms with Crippen LogP contribution in [0.15, 0.2) is 35.4 Å². The molecule has 3 aromatic rings. The maximum atomic E-state index is 13.0. The zero-order valence-corrected chi connectivity index (χ0v) is 17.6. The van der Waals surface area contributed by atoms with E-state index in [0.717, 1.165) is 41.0 Å². The van der Waals surface area contributed by atoms with Crippen LogP contribution < -0.4 is 15.6 Å². The van der Waals surface area contributed by atoms with Gasteiger partial charge in [-0.15, -0.1) is 11.3 Å². The summed E-state index contributed by atoms with van der Waals surface area (Å²) in [6.45, 7) is 4.96. The molecule has 0 fully saturated rings. The van der Waals surface area contributed by atoms with Gasteiger partial charge in [0, 0.05) is 4.88 Å². The van der Waals surface area contributed by atoms with Crippen LogP contribution in [0.25, 0.3) is 10.2 Å². The molecule has 0 saturated carbocycles. The van der Waals surface area contributed by atoms with Crippen molar-refractivity contribution in [1.82, 2.24) is 14.9 Å². The molecule has 152 valence electrons. The summed E-state index contributed by atoms with van der Waals surface area (Å²) in [5, 5.41) is 3.51. The predicted molar refractivity (Wildman–Crippen MR) is 115 cm³/mol. The first kappa shape index (κ1) is 19.6. The third-order valence-electron chi connectivity index (χ3n) is 5.28. The number of hydrogen-bond acceptors (Lipinski definition) is 5. The molecule has 6 nitrogen and oxygen atoms in total. The summed E-state index contributed by atoms with van der Waals surface area (Å²) in [5.74, 6) is 1.20. The van der Waals surface area contributed by atoms with Crippen LogP contribution >= 0.6 is 11.3 Å². The number of rotatable bonds is 6. The SMILES string of the molecule is Cc1cccc(OCCNC(=O)Cn2cnc3sc4c(c3c2=O)CC[C@H](C)C4)c1. The van der Waals surface area contributed by atoms with E-state index in [1.165, 1.54) is 15.8 Å². The zero-order valence-electron chi connectivity index (χ0n) is 16.7. The van der Waals surface area contributed by atoms with Gasteiger partial charge < -0.3 is 10.1 Å². The maximum Gasteiger partial charge on any atom is 0.262 e. The number of amides is 1. The second-order valence-electron chi connectivity index (χ2n) is 7.72. The lowest BCUT2D eigenvalue weighted by Crippen LogP contribution is -2.34. The first-order valence-corrected chi connectivity index (χ1v) is 10.8. The molecule has 0 unspecified atom stereocenters. The Morgan fingerprint density at radius 2 is 2.28 bits per heavy atom. The molecule has 7 heteroatoms. The minimum absolute atomic E-state index is 0.0345. The lowest BCUT2D eigenvalue weighted by molar-refractivity contribution is -0.121. The van der Waals surface area contributed by atoms with Crippen molar-refractivity contribution in [1.29, 1.82) is 0 Å². The van der Waals surface area contributed by atoms with E-state index < -0.39 is 0 Å². The van der Waals surface area contributed by atoms with E-state index in [2.05, 4.69) is 17.2 Å². The molecule has 1 aliphatic carbocycles. The normalized spacial score (nSPS) is 15.9. The van der Waals surface area contributed by atoms with Crippen LogP contribution in [-0.4, -0.2) is 28.6 Å². The average Bonchev–Trinajstić information content (AvgIpc) is 3.06. The van der Waals surface area contributed by atoms with E-state index in [9.17, 15) is 9.59 Å². The second-order valence-corrected chi connectivity index (χ2v) is 8.81. The molecule has 1 N–H and O–H groups in total. The fraction of sp³-hybridized carbons (Fsp3) is 0.409. The molecule has 0 radical (unpaired) electrons. The fourth-order valence-corrected chi connectivity index (χ4v) is 5.09. The van der Waals surface area contributed by atoms with E-state index in [0.29, 0.717) is 24.5 Å². The van der Waals surface area contributed by atoms with Gasteiger partial charge in [-0.25, -0.2) is 4.98 Å². The number of nitrogens with zero attached hydrogens (tertiary/aromatic N) is 2. The molecule has 1 aromatic carbocycles. The molecular formula is C22H25N3O3S. The first-order valence-electron chi connectivity index (χ1n) is 9.97. The number of thiophene rings is 1. The van der Waals surface area contributed by atoms with Gasteiger partial charge in [-0.1, -0.05) is 19.1 Å². The lowest BCUT2D eigenvalue weighted by atomic mass is 9.89. The van der Waals surface area contributed by atoms with Crippen molar-refractivity contribution in [2.45, 2.75) is 39.7 Å². The number of benzene rings is 1. The van der Waals surface area contributed by atoms with Gasteiger partial charge in [0.1, 0.15) is 23.7 Å². The van der Waals surface area contributed by atoms with Gasteiger partial charge in [-0.05, 0) is 55.4 Å². The fourth-order valence-electron chi connectivity index (χ4n) is 3.75. The highest BCUT2D eigenvalue weighted by Gasteiger charge is 2.23. The highest BCUT2D eigenvalue weighted by molar-refractivity contribution is 7.18. The van der Waals surface area contributed by atoms with Crippen molar-refractivity contribution in [2.24, 2.45) is 5.92 Å². The number of carbonyl (C=O) groups is 1. The van der Waals surface area contributed by atoms with Crippen LogP contribution in [0.2, 0.25) is 0 Å². The molecule has 2 heterocycles.